The molecule has 2 fully saturated rings. The van der Waals surface area contributed by atoms with Gasteiger partial charge in [0, 0.05) is 26.2 Å². The maximum absolute atomic E-state index is 12.6. The molecule has 6 heteroatoms. The molecule has 2 atom stereocenters. The number of hydrogen-bond donors (Lipinski definition) is 1. The number of ether oxygens (including phenoxy) is 1. The van der Waals surface area contributed by atoms with Gasteiger partial charge in [0.1, 0.15) is 6.04 Å². The van der Waals surface area contributed by atoms with Crippen LogP contribution in [0.4, 0.5) is 0 Å². The molecule has 0 aromatic heterocycles. The third kappa shape index (κ3) is 4.80. The van der Waals surface area contributed by atoms with E-state index in [2.05, 4.69) is 17.3 Å². The average molecular weight is 345 g/mol. The SMILES string of the molecule is CN1CCOC(CNC(=O)C2CCCN2C(=O)Cc2ccccc2)C1. The molecule has 2 unspecified atom stereocenters. The van der Waals surface area contributed by atoms with Gasteiger partial charge in [-0.1, -0.05) is 30.3 Å². The minimum Gasteiger partial charge on any atom is -0.374 e. The summed E-state index contributed by atoms with van der Waals surface area (Å²) in [5.74, 6) is -0.0340. The Kier molecular flexibility index (Phi) is 6.04. The van der Waals surface area contributed by atoms with Gasteiger partial charge in [-0.05, 0) is 25.5 Å². The van der Waals surface area contributed by atoms with E-state index < -0.39 is 0 Å². The summed E-state index contributed by atoms with van der Waals surface area (Å²) in [4.78, 5) is 29.1. The van der Waals surface area contributed by atoms with Gasteiger partial charge < -0.3 is 19.9 Å². The van der Waals surface area contributed by atoms with E-state index >= 15 is 0 Å². The van der Waals surface area contributed by atoms with Gasteiger partial charge >= 0.3 is 0 Å². The first kappa shape index (κ1) is 17.9. The van der Waals surface area contributed by atoms with Gasteiger partial charge in [0.25, 0.3) is 0 Å². The van der Waals surface area contributed by atoms with Crippen LogP contribution in [0.1, 0.15) is 18.4 Å². The van der Waals surface area contributed by atoms with Crippen molar-refractivity contribution in [1.29, 1.82) is 0 Å². The van der Waals surface area contributed by atoms with Crippen molar-refractivity contribution in [3.63, 3.8) is 0 Å². The zero-order chi connectivity index (χ0) is 17.6. The van der Waals surface area contributed by atoms with E-state index in [0.29, 0.717) is 26.1 Å². The number of rotatable bonds is 5. The zero-order valence-electron chi connectivity index (χ0n) is 14.8. The summed E-state index contributed by atoms with van der Waals surface area (Å²) in [5, 5.41) is 2.98. The summed E-state index contributed by atoms with van der Waals surface area (Å²) in [7, 11) is 2.05. The number of likely N-dealkylation sites (tertiary alicyclic amines) is 1. The smallest absolute Gasteiger partial charge is 0.242 e. The Morgan fingerprint density at radius 1 is 1.24 bits per heavy atom. The standard InChI is InChI=1S/C19H27N3O3/c1-21-10-11-25-16(14-21)13-20-19(24)17-8-5-9-22(17)18(23)12-15-6-3-2-4-7-15/h2-4,6-7,16-17H,5,8-14H2,1H3,(H,20,24). The molecule has 0 aliphatic carbocycles. The molecule has 0 spiro atoms. The Morgan fingerprint density at radius 3 is 2.80 bits per heavy atom. The predicted octanol–water partition coefficient (Wildman–Crippen LogP) is 0.667. The van der Waals surface area contributed by atoms with Crippen molar-refractivity contribution < 1.29 is 14.3 Å². The van der Waals surface area contributed by atoms with Crippen molar-refractivity contribution >= 4 is 11.8 Å². The van der Waals surface area contributed by atoms with Crippen LogP contribution >= 0.6 is 0 Å². The molecule has 136 valence electrons. The van der Waals surface area contributed by atoms with Gasteiger partial charge in [0.05, 0.1) is 19.1 Å². The highest BCUT2D eigenvalue weighted by atomic mass is 16.5. The molecular formula is C19H27N3O3. The van der Waals surface area contributed by atoms with Crippen LogP contribution in [0.15, 0.2) is 30.3 Å². The molecule has 0 radical (unpaired) electrons. The van der Waals surface area contributed by atoms with Crippen molar-refractivity contribution in [3.8, 4) is 0 Å². The van der Waals surface area contributed by atoms with Crippen LogP contribution in [0, 0.1) is 0 Å². The monoisotopic (exact) mass is 345 g/mol. The molecule has 2 heterocycles. The van der Waals surface area contributed by atoms with Crippen LogP contribution in [0.3, 0.4) is 0 Å². The molecule has 0 saturated carbocycles. The minimum absolute atomic E-state index is 0.0255. The van der Waals surface area contributed by atoms with Crippen LogP contribution in [-0.4, -0.2) is 73.6 Å². The van der Waals surface area contributed by atoms with Crippen LogP contribution in [0.2, 0.25) is 0 Å². The maximum atomic E-state index is 12.6. The Labute approximate surface area is 149 Å². The van der Waals surface area contributed by atoms with Crippen molar-refractivity contribution in [1.82, 2.24) is 15.1 Å². The molecular weight excluding hydrogens is 318 g/mol. The first-order chi connectivity index (χ1) is 12.1. The second kappa shape index (κ2) is 8.45. The number of hydrogen-bond acceptors (Lipinski definition) is 4. The Morgan fingerprint density at radius 2 is 2.04 bits per heavy atom. The summed E-state index contributed by atoms with van der Waals surface area (Å²) < 4.78 is 5.68. The van der Waals surface area contributed by atoms with Gasteiger partial charge in [-0.2, -0.15) is 0 Å². The number of carbonyl (C=O) groups excluding carboxylic acids is 2. The number of benzene rings is 1. The third-order valence-electron chi connectivity index (χ3n) is 4.92. The minimum atomic E-state index is -0.350. The quantitative estimate of drug-likeness (QED) is 0.852. The number of likely N-dealkylation sites (N-methyl/N-ethyl adjacent to an activating group) is 1. The lowest BCUT2D eigenvalue weighted by Gasteiger charge is -2.31. The lowest BCUT2D eigenvalue weighted by Crippen LogP contribution is -2.50. The van der Waals surface area contributed by atoms with E-state index in [1.165, 1.54) is 0 Å². The summed E-state index contributed by atoms with van der Waals surface area (Å²) in [6, 6.07) is 9.33. The van der Waals surface area contributed by atoms with E-state index in [4.69, 9.17) is 4.74 Å². The Balaban J connectivity index is 1.51. The van der Waals surface area contributed by atoms with Gasteiger partial charge in [0.15, 0.2) is 0 Å². The fourth-order valence-corrected chi connectivity index (χ4v) is 3.53. The lowest BCUT2D eigenvalue weighted by molar-refractivity contribution is -0.138. The zero-order valence-corrected chi connectivity index (χ0v) is 14.8. The molecule has 2 aliphatic heterocycles. The first-order valence-electron chi connectivity index (χ1n) is 9.05. The highest BCUT2D eigenvalue weighted by Gasteiger charge is 2.34. The molecule has 3 rings (SSSR count). The molecule has 1 aromatic rings. The van der Waals surface area contributed by atoms with Crippen LogP contribution < -0.4 is 5.32 Å². The number of carbonyl (C=O) groups is 2. The Hall–Kier alpha value is -1.92. The third-order valence-corrected chi connectivity index (χ3v) is 4.92. The second-order valence-electron chi connectivity index (χ2n) is 6.91. The summed E-state index contributed by atoms with van der Waals surface area (Å²) in [5.41, 5.74) is 0.984. The fraction of sp³-hybridized carbons (Fsp3) is 0.579. The van der Waals surface area contributed by atoms with Crippen LogP contribution in [0.25, 0.3) is 0 Å². The predicted molar refractivity (Wildman–Crippen MR) is 95.1 cm³/mol. The average Bonchev–Trinajstić information content (AvgIpc) is 3.11. The van der Waals surface area contributed by atoms with Crippen molar-refractivity contribution in [2.24, 2.45) is 0 Å². The number of morpholine rings is 1. The molecule has 0 bridgehead atoms. The molecule has 6 nitrogen and oxygen atoms in total. The largest absolute Gasteiger partial charge is 0.374 e. The first-order valence-corrected chi connectivity index (χ1v) is 9.05. The summed E-state index contributed by atoms with van der Waals surface area (Å²) >= 11 is 0. The second-order valence-corrected chi connectivity index (χ2v) is 6.91. The normalized spacial score (nSPS) is 24.3. The van der Waals surface area contributed by atoms with Crippen molar-refractivity contribution in [2.75, 3.05) is 39.8 Å². The van der Waals surface area contributed by atoms with E-state index in [-0.39, 0.29) is 24.0 Å². The lowest BCUT2D eigenvalue weighted by atomic mass is 10.1. The van der Waals surface area contributed by atoms with Gasteiger partial charge in [-0.15, -0.1) is 0 Å². The molecule has 25 heavy (non-hydrogen) atoms. The maximum Gasteiger partial charge on any atom is 0.242 e. The van der Waals surface area contributed by atoms with E-state index in [1.54, 1.807) is 4.90 Å². The van der Waals surface area contributed by atoms with Gasteiger partial charge in [-0.3, -0.25) is 9.59 Å². The topological polar surface area (TPSA) is 61.9 Å². The fourth-order valence-electron chi connectivity index (χ4n) is 3.53. The van der Waals surface area contributed by atoms with Crippen LogP contribution in [-0.2, 0) is 20.7 Å². The number of nitrogens with zero attached hydrogens (tertiary/aromatic N) is 2. The van der Waals surface area contributed by atoms with E-state index in [9.17, 15) is 9.59 Å². The van der Waals surface area contributed by atoms with Gasteiger partial charge in [-0.25, -0.2) is 0 Å². The molecule has 1 N–H and O–H groups in total. The molecule has 2 aliphatic rings. The van der Waals surface area contributed by atoms with Crippen LogP contribution in [0.5, 0.6) is 0 Å². The van der Waals surface area contributed by atoms with Crippen molar-refractivity contribution in [3.05, 3.63) is 35.9 Å². The molecule has 1 aromatic carbocycles. The highest BCUT2D eigenvalue weighted by molar-refractivity contribution is 5.89. The van der Waals surface area contributed by atoms with Crippen molar-refractivity contribution in [2.45, 2.75) is 31.4 Å². The summed E-state index contributed by atoms with van der Waals surface area (Å²) in [6.07, 6.45) is 1.98. The molecule has 2 amide bonds. The highest BCUT2D eigenvalue weighted by Crippen LogP contribution is 2.19. The number of nitrogens with one attached hydrogen (secondary N) is 1. The van der Waals surface area contributed by atoms with Gasteiger partial charge in [0.2, 0.25) is 11.8 Å². The Bertz CT molecular complexity index is 593. The summed E-state index contributed by atoms with van der Waals surface area (Å²) in [6.45, 7) is 3.60. The van der Waals surface area contributed by atoms with E-state index in [1.807, 2.05) is 30.3 Å². The number of amides is 2. The molecule has 2 saturated heterocycles. The van der Waals surface area contributed by atoms with E-state index in [0.717, 1.165) is 31.5 Å².